The number of ether oxygens (including phenoxy) is 1. The fourth-order valence-corrected chi connectivity index (χ4v) is 3.29. The van der Waals surface area contributed by atoms with Crippen LogP contribution in [-0.2, 0) is 0 Å². The van der Waals surface area contributed by atoms with Crippen LogP contribution in [0, 0.1) is 3.70 Å². The number of aromatic hydroxyl groups is 1. The Morgan fingerprint density at radius 1 is 1.32 bits per heavy atom. The summed E-state index contributed by atoms with van der Waals surface area (Å²) in [7, 11) is 1.39. The van der Waals surface area contributed by atoms with Crippen molar-refractivity contribution in [2.45, 2.75) is 0 Å². The van der Waals surface area contributed by atoms with E-state index in [2.05, 4.69) is 35.9 Å². The third kappa shape index (κ3) is 2.65. The van der Waals surface area contributed by atoms with Crippen LogP contribution >= 0.6 is 38.5 Å². The first-order valence-electron chi connectivity index (χ1n) is 6.00. The summed E-state index contributed by atoms with van der Waals surface area (Å²) in [6.07, 6.45) is 0. The fraction of sp³-hybridized carbons (Fsp3) is 0.0769. The summed E-state index contributed by atoms with van der Waals surface area (Å²) in [6.45, 7) is 0. The van der Waals surface area contributed by atoms with Gasteiger partial charge < -0.3 is 14.8 Å². The molecule has 3 rings (SSSR count). The number of hydrogen-bond acceptors (Lipinski definition) is 6. The van der Waals surface area contributed by atoms with Gasteiger partial charge in [-0.15, -0.1) is 0 Å². The van der Waals surface area contributed by atoms with Gasteiger partial charge in [-0.3, -0.25) is 4.79 Å². The van der Waals surface area contributed by atoms with Gasteiger partial charge in [-0.05, 0) is 56.7 Å². The number of H-pyrrole nitrogens is 1. The summed E-state index contributed by atoms with van der Waals surface area (Å²) >= 11 is 5.34. The Bertz CT molecular complexity index is 944. The highest BCUT2D eigenvalue weighted by molar-refractivity contribution is 14.1. The molecule has 7 nitrogen and oxygen atoms in total. The van der Waals surface area contributed by atoms with Crippen molar-refractivity contribution >= 4 is 49.4 Å². The number of hydrogen-bond donors (Lipinski definition) is 2. The summed E-state index contributed by atoms with van der Waals surface area (Å²) < 4.78 is 6.12. The molecule has 0 radical (unpaired) electrons. The van der Waals surface area contributed by atoms with Crippen LogP contribution in [0.1, 0.15) is 0 Å². The minimum Gasteiger partial charge on any atom is -0.503 e. The van der Waals surface area contributed by atoms with Crippen LogP contribution in [-0.4, -0.2) is 32.2 Å². The smallest absolute Gasteiger partial charge is 0.259 e. The molecule has 3 aromatic rings. The Kier molecular flexibility index (Phi) is 4.00. The van der Waals surface area contributed by atoms with Crippen molar-refractivity contribution in [2.75, 3.05) is 7.11 Å². The van der Waals surface area contributed by atoms with E-state index in [-0.39, 0.29) is 23.0 Å². The standard InChI is InChI=1S/C13H8BrIN4O3/c1-22-13-7(20)3-2-6(16-13)11-18-9-5(12(21)19-11)4-8(15)17-10(9)14/h2-4,20H,1H3,(H,18,19,21). The maximum Gasteiger partial charge on any atom is 0.259 e. The number of rotatable bonds is 2. The van der Waals surface area contributed by atoms with E-state index in [4.69, 9.17) is 4.74 Å². The van der Waals surface area contributed by atoms with E-state index in [0.29, 0.717) is 24.9 Å². The zero-order valence-corrected chi connectivity index (χ0v) is 14.8. The van der Waals surface area contributed by atoms with Crippen LogP contribution in [0.5, 0.6) is 11.6 Å². The summed E-state index contributed by atoms with van der Waals surface area (Å²) in [5, 5.41) is 10.0. The zero-order valence-electron chi connectivity index (χ0n) is 11.1. The Labute approximate surface area is 146 Å². The molecule has 0 spiro atoms. The van der Waals surface area contributed by atoms with Gasteiger partial charge in [0.1, 0.15) is 19.5 Å². The molecule has 0 saturated heterocycles. The van der Waals surface area contributed by atoms with E-state index in [1.54, 1.807) is 6.07 Å². The number of aromatic amines is 1. The van der Waals surface area contributed by atoms with Crippen molar-refractivity contribution in [2.24, 2.45) is 0 Å². The molecule has 0 fully saturated rings. The van der Waals surface area contributed by atoms with Crippen molar-refractivity contribution in [1.82, 2.24) is 19.9 Å². The SMILES string of the molecule is COc1nc(-c2nc3c(Br)nc(I)cc3c(=O)[nH]2)ccc1O. The minimum atomic E-state index is -0.296. The normalized spacial score (nSPS) is 10.9. The Hall–Kier alpha value is -1.75. The van der Waals surface area contributed by atoms with E-state index in [0.717, 1.165) is 0 Å². The van der Waals surface area contributed by atoms with Crippen molar-refractivity contribution < 1.29 is 9.84 Å². The first-order valence-corrected chi connectivity index (χ1v) is 7.87. The monoisotopic (exact) mass is 474 g/mol. The average molecular weight is 475 g/mol. The van der Waals surface area contributed by atoms with Gasteiger partial charge in [0, 0.05) is 0 Å². The molecular formula is C13H8BrIN4O3. The van der Waals surface area contributed by atoms with Crippen LogP contribution in [0.4, 0.5) is 0 Å². The summed E-state index contributed by atoms with van der Waals surface area (Å²) in [5.41, 5.74) is 0.516. The molecule has 112 valence electrons. The highest BCUT2D eigenvalue weighted by Crippen LogP contribution is 2.27. The number of nitrogens with one attached hydrogen (secondary N) is 1. The van der Waals surface area contributed by atoms with Crippen LogP contribution in [0.15, 0.2) is 27.6 Å². The van der Waals surface area contributed by atoms with Gasteiger partial charge in [0.05, 0.1) is 12.5 Å². The van der Waals surface area contributed by atoms with Crippen molar-refractivity contribution in [1.29, 1.82) is 0 Å². The molecule has 0 atom stereocenters. The van der Waals surface area contributed by atoms with Gasteiger partial charge in [-0.2, -0.15) is 0 Å². The number of methoxy groups -OCH3 is 1. The van der Waals surface area contributed by atoms with E-state index in [9.17, 15) is 9.90 Å². The average Bonchev–Trinajstić information content (AvgIpc) is 2.48. The lowest BCUT2D eigenvalue weighted by Gasteiger charge is -2.06. The van der Waals surface area contributed by atoms with E-state index < -0.39 is 0 Å². The Morgan fingerprint density at radius 3 is 2.82 bits per heavy atom. The molecule has 0 unspecified atom stereocenters. The van der Waals surface area contributed by atoms with Gasteiger partial charge in [0.2, 0.25) is 0 Å². The number of nitrogens with zero attached hydrogens (tertiary/aromatic N) is 3. The molecule has 0 aliphatic rings. The second-order valence-electron chi connectivity index (χ2n) is 4.27. The second kappa shape index (κ2) is 5.80. The lowest BCUT2D eigenvalue weighted by atomic mass is 10.2. The maximum atomic E-state index is 12.2. The van der Waals surface area contributed by atoms with E-state index in [1.165, 1.54) is 19.2 Å². The maximum absolute atomic E-state index is 12.2. The molecule has 3 heterocycles. The van der Waals surface area contributed by atoms with Crippen molar-refractivity contribution in [3.05, 3.63) is 36.9 Å². The molecular weight excluding hydrogens is 467 g/mol. The fourth-order valence-electron chi connectivity index (χ4n) is 1.91. The van der Waals surface area contributed by atoms with Crippen LogP contribution in [0.25, 0.3) is 22.4 Å². The molecule has 0 saturated carbocycles. The van der Waals surface area contributed by atoms with E-state index >= 15 is 0 Å². The molecule has 0 aliphatic carbocycles. The summed E-state index contributed by atoms with van der Waals surface area (Å²) in [4.78, 5) is 27.6. The summed E-state index contributed by atoms with van der Waals surface area (Å²) in [5.74, 6) is 0.228. The van der Waals surface area contributed by atoms with Gasteiger partial charge >= 0.3 is 0 Å². The van der Waals surface area contributed by atoms with Crippen LogP contribution in [0.2, 0.25) is 0 Å². The van der Waals surface area contributed by atoms with Crippen molar-refractivity contribution in [3.63, 3.8) is 0 Å². The highest BCUT2D eigenvalue weighted by Gasteiger charge is 2.13. The summed E-state index contributed by atoms with van der Waals surface area (Å²) in [6, 6.07) is 4.61. The second-order valence-corrected chi connectivity index (χ2v) is 6.13. The molecule has 0 amide bonds. The lowest BCUT2D eigenvalue weighted by molar-refractivity contribution is 0.359. The predicted molar refractivity (Wildman–Crippen MR) is 92.0 cm³/mol. The van der Waals surface area contributed by atoms with Gasteiger partial charge in [-0.1, -0.05) is 0 Å². The zero-order chi connectivity index (χ0) is 15.9. The molecule has 0 aliphatic heterocycles. The largest absolute Gasteiger partial charge is 0.503 e. The van der Waals surface area contributed by atoms with Gasteiger partial charge in [-0.25, -0.2) is 15.0 Å². The molecule has 3 aromatic heterocycles. The van der Waals surface area contributed by atoms with Crippen LogP contribution in [0.3, 0.4) is 0 Å². The number of pyridine rings is 2. The van der Waals surface area contributed by atoms with E-state index in [1.807, 2.05) is 22.6 Å². The van der Waals surface area contributed by atoms with Crippen LogP contribution < -0.4 is 10.3 Å². The Morgan fingerprint density at radius 2 is 2.09 bits per heavy atom. The number of halogens is 2. The third-order valence-corrected chi connectivity index (χ3v) is 4.00. The minimum absolute atomic E-state index is 0.0556. The van der Waals surface area contributed by atoms with Gasteiger partial charge in [0.15, 0.2) is 11.6 Å². The van der Waals surface area contributed by atoms with Crippen molar-refractivity contribution in [3.8, 4) is 23.1 Å². The predicted octanol–water partition coefficient (Wildman–Crippen LogP) is 2.46. The third-order valence-electron chi connectivity index (χ3n) is 2.90. The number of fused-ring (bicyclic) bond motifs is 1. The highest BCUT2D eigenvalue weighted by atomic mass is 127. The lowest BCUT2D eigenvalue weighted by Crippen LogP contribution is -2.11. The molecule has 0 aromatic carbocycles. The first-order chi connectivity index (χ1) is 10.5. The molecule has 9 heteroatoms. The Balaban J connectivity index is 2.27. The molecule has 0 bridgehead atoms. The molecule has 2 N–H and O–H groups in total. The number of aromatic nitrogens is 4. The quantitative estimate of drug-likeness (QED) is 0.437. The molecule has 22 heavy (non-hydrogen) atoms. The van der Waals surface area contributed by atoms with Gasteiger partial charge in [0.25, 0.3) is 11.4 Å². The first kappa shape index (κ1) is 15.2. The topological polar surface area (TPSA) is 101 Å².